The summed E-state index contributed by atoms with van der Waals surface area (Å²) in [5.74, 6) is 0.346. The third kappa shape index (κ3) is 4.27. The molecule has 0 aliphatic carbocycles. The van der Waals surface area contributed by atoms with Crippen molar-refractivity contribution in [1.29, 1.82) is 0 Å². The molecule has 2 aromatic carbocycles. The molecule has 0 aromatic heterocycles. The fraction of sp³-hybridized carbons (Fsp3) is 0.364. The lowest BCUT2D eigenvalue weighted by molar-refractivity contribution is 0.0955. The van der Waals surface area contributed by atoms with Crippen molar-refractivity contribution in [3.8, 4) is 11.5 Å². The number of hydrogen-bond donors (Lipinski definition) is 2. The van der Waals surface area contributed by atoms with Gasteiger partial charge in [-0.05, 0) is 54.7 Å². The molecular formula is C22H27N3O3. The number of aromatic hydroxyl groups is 1. The summed E-state index contributed by atoms with van der Waals surface area (Å²) >= 11 is 0. The first-order valence-corrected chi connectivity index (χ1v) is 9.60. The number of phenolic OH excluding ortho intramolecular Hbond substituents is 1. The molecule has 3 rings (SSSR count). The summed E-state index contributed by atoms with van der Waals surface area (Å²) in [6.45, 7) is 3.19. The number of phenols is 1. The van der Waals surface area contributed by atoms with Gasteiger partial charge in [-0.3, -0.25) is 4.79 Å². The van der Waals surface area contributed by atoms with E-state index in [0.29, 0.717) is 16.9 Å². The van der Waals surface area contributed by atoms with Crippen LogP contribution in [0.5, 0.6) is 11.5 Å². The summed E-state index contributed by atoms with van der Waals surface area (Å²) in [5, 5.41) is 14.0. The number of aryl methyl sites for hydroxylation is 2. The highest BCUT2D eigenvalue weighted by molar-refractivity contribution is 5.96. The fourth-order valence-corrected chi connectivity index (χ4v) is 3.64. The SMILES string of the molecule is CCCc1cc(C(=O)N/N=C/c2ccc(OC)cc2O)cc2c1N(C)CCC2. The lowest BCUT2D eigenvalue weighted by Gasteiger charge is -2.30. The first-order valence-electron chi connectivity index (χ1n) is 9.60. The summed E-state index contributed by atoms with van der Waals surface area (Å²) in [7, 11) is 3.65. The van der Waals surface area contributed by atoms with Crippen molar-refractivity contribution < 1.29 is 14.6 Å². The zero-order valence-electron chi connectivity index (χ0n) is 16.7. The van der Waals surface area contributed by atoms with Crippen LogP contribution in [0.25, 0.3) is 0 Å². The molecule has 0 bridgehead atoms. The molecule has 1 aliphatic rings. The molecule has 6 nitrogen and oxygen atoms in total. The predicted molar refractivity (Wildman–Crippen MR) is 112 cm³/mol. The van der Waals surface area contributed by atoms with E-state index in [2.05, 4.69) is 29.4 Å². The van der Waals surface area contributed by atoms with E-state index in [4.69, 9.17) is 4.74 Å². The molecule has 148 valence electrons. The van der Waals surface area contributed by atoms with Crippen LogP contribution in [0.3, 0.4) is 0 Å². The van der Waals surface area contributed by atoms with Gasteiger partial charge in [-0.25, -0.2) is 5.43 Å². The third-order valence-corrected chi connectivity index (χ3v) is 4.98. The molecule has 0 saturated carbocycles. The Kier molecular flexibility index (Phi) is 6.19. The lowest BCUT2D eigenvalue weighted by atomic mass is 9.93. The number of hydrazone groups is 1. The Morgan fingerprint density at radius 3 is 2.89 bits per heavy atom. The maximum Gasteiger partial charge on any atom is 0.271 e. The van der Waals surface area contributed by atoms with Crippen molar-refractivity contribution in [1.82, 2.24) is 5.43 Å². The summed E-state index contributed by atoms with van der Waals surface area (Å²) in [5.41, 5.74) is 7.39. The molecule has 0 unspecified atom stereocenters. The normalized spacial score (nSPS) is 13.5. The number of methoxy groups -OCH3 is 1. The minimum atomic E-state index is -0.252. The van der Waals surface area contributed by atoms with Crippen LogP contribution in [-0.2, 0) is 12.8 Å². The van der Waals surface area contributed by atoms with Crippen LogP contribution >= 0.6 is 0 Å². The van der Waals surface area contributed by atoms with E-state index in [0.717, 1.165) is 32.2 Å². The highest BCUT2D eigenvalue weighted by Gasteiger charge is 2.20. The van der Waals surface area contributed by atoms with E-state index in [1.165, 1.54) is 36.2 Å². The summed E-state index contributed by atoms with van der Waals surface area (Å²) in [6, 6.07) is 8.84. The maximum absolute atomic E-state index is 12.6. The summed E-state index contributed by atoms with van der Waals surface area (Å²) in [4.78, 5) is 14.9. The second-order valence-corrected chi connectivity index (χ2v) is 7.04. The van der Waals surface area contributed by atoms with Gasteiger partial charge in [0.05, 0.1) is 13.3 Å². The van der Waals surface area contributed by atoms with Crippen LogP contribution in [0, 0.1) is 0 Å². The third-order valence-electron chi connectivity index (χ3n) is 4.98. The van der Waals surface area contributed by atoms with Crippen molar-refractivity contribution in [2.24, 2.45) is 5.10 Å². The van der Waals surface area contributed by atoms with Gasteiger partial charge in [0.15, 0.2) is 0 Å². The van der Waals surface area contributed by atoms with E-state index in [9.17, 15) is 9.90 Å². The molecule has 1 aliphatic heterocycles. The topological polar surface area (TPSA) is 74.2 Å². The second-order valence-electron chi connectivity index (χ2n) is 7.04. The number of carbonyl (C=O) groups excluding carboxylic acids is 1. The number of anilines is 1. The van der Waals surface area contributed by atoms with Crippen LogP contribution < -0.4 is 15.1 Å². The van der Waals surface area contributed by atoms with Crippen molar-refractivity contribution in [2.75, 3.05) is 25.6 Å². The first kappa shape index (κ1) is 19.7. The molecule has 0 atom stereocenters. The summed E-state index contributed by atoms with van der Waals surface area (Å²) in [6.07, 6.45) is 5.47. The van der Waals surface area contributed by atoms with Crippen LogP contribution in [0.15, 0.2) is 35.4 Å². The molecule has 0 saturated heterocycles. The van der Waals surface area contributed by atoms with Gasteiger partial charge in [0.1, 0.15) is 11.5 Å². The van der Waals surface area contributed by atoms with Crippen LogP contribution in [-0.4, -0.2) is 37.9 Å². The Hall–Kier alpha value is -3.02. The Morgan fingerprint density at radius 1 is 1.36 bits per heavy atom. The summed E-state index contributed by atoms with van der Waals surface area (Å²) < 4.78 is 5.06. The fourth-order valence-electron chi connectivity index (χ4n) is 3.64. The number of benzene rings is 2. The molecule has 2 aromatic rings. The van der Waals surface area contributed by atoms with Crippen LogP contribution in [0.1, 0.15) is 46.8 Å². The second kappa shape index (κ2) is 8.78. The molecule has 28 heavy (non-hydrogen) atoms. The molecule has 0 fully saturated rings. The van der Waals surface area contributed by atoms with Gasteiger partial charge in [-0.1, -0.05) is 13.3 Å². The van der Waals surface area contributed by atoms with E-state index < -0.39 is 0 Å². The van der Waals surface area contributed by atoms with Crippen molar-refractivity contribution >= 4 is 17.8 Å². The molecule has 0 radical (unpaired) electrons. The van der Waals surface area contributed by atoms with Crippen LogP contribution in [0.2, 0.25) is 0 Å². The number of nitrogens with one attached hydrogen (secondary N) is 1. The Labute approximate surface area is 165 Å². The molecule has 6 heteroatoms. The molecular weight excluding hydrogens is 354 g/mol. The highest BCUT2D eigenvalue weighted by atomic mass is 16.5. The number of fused-ring (bicyclic) bond motifs is 1. The van der Waals surface area contributed by atoms with Gasteiger partial charge >= 0.3 is 0 Å². The minimum absolute atomic E-state index is 0.0411. The quantitative estimate of drug-likeness (QED) is 0.593. The predicted octanol–water partition coefficient (Wildman–Crippen LogP) is 3.50. The maximum atomic E-state index is 12.6. The van der Waals surface area contributed by atoms with Gasteiger partial charge in [-0.2, -0.15) is 5.10 Å². The Morgan fingerprint density at radius 2 is 2.18 bits per heavy atom. The van der Waals surface area contributed by atoms with Crippen molar-refractivity contribution in [3.63, 3.8) is 0 Å². The lowest BCUT2D eigenvalue weighted by Crippen LogP contribution is -2.27. The monoisotopic (exact) mass is 381 g/mol. The average molecular weight is 381 g/mol. The first-order chi connectivity index (χ1) is 13.5. The zero-order chi connectivity index (χ0) is 20.1. The molecule has 2 N–H and O–H groups in total. The van der Waals surface area contributed by atoms with Gasteiger partial charge < -0.3 is 14.7 Å². The standard InChI is InChI=1S/C22H27N3O3/c1-4-6-15-11-18(12-16-7-5-10-25(2)21(15)16)22(27)24-23-14-17-8-9-19(28-3)13-20(17)26/h8-9,11-14,26H,4-7,10H2,1-3H3,(H,24,27)/b23-14+. The average Bonchev–Trinajstić information content (AvgIpc) is 2.69. The molecule has 0 spiro atoms. The largest absolute Gasteiger partial charge is 0.507 e. The van der Waals surface area contributed by atoms with Gasteiger partial charge in [0.2, 0.25) is 0 Å². The minimum Gasteiger partial charge on any atom is -0.507 e. The highest BCUT2D eigenvalue weighted by Crippen LogP contribution is 2.32. The van der Waals surface area contributed by atoms with E-state index in [1.54, 1.807) is 12.1 Å². The molecule has 1 heterocycles. The number of nitrogens with zero attached hydrogens (tertiary/aromatic N) is 2. The van der Waals surface area contributed by atoms with Crippen molar-refractivity contribution in [3.05, 3.63) is 52.6 Å². The number of carbonyl (C=O) groups is 1. The van der Waals surface area contributed by atoms with Gasteiger partial charge in [0.25, 0.3) is 5.91 Å². The van der Waals surface area contributed by atoms with Crippen molar-refractivity contribution in [2.45, 2.75) is 32.6 Å². The smallest absolute Gasteiger partial charge is 0.271 e. The zero-order valence-corrected chi connectivity index (χ0v) is 16.7. The number of ether oxygens (including phenoxy) is 1. The number of hydrogen-bond acceptors (Lipinski definition) is 5. The van der Waals surface area contributed by atoms with Crippen LogP contribution in [0.4, 0.5) is 5.69 Å². The number of rotatable bonds is 6. The van der Waals surface area contributed by atoms with E-state index in [1.807, 2.05) is 12.1 Å². The van der Waals surface area contributed by atoms with Gasteiger partial charge in [-0.15, -0.1) is 0 Å². The molecule has 1 amide bonds. The van der Waals surface area contributed by atoms with Gasteiger partial charge in [0, 0.05) is 36.5 Å². The Balaban J connectivity index is 1.78. The van der Waals surface area contributed by atoms with E-state index in [-0.39, 0.29) is 11.7 Å². The number of amides is 1. The van der Waals surface area contributed by atoms with E-state index >= 15 is 0 Å². The Bertz CT molecular complexity index is 893.